The molecule has 2 unspecified atom stereocenters. The van der Waals surface area contributed by atoms with Crippen LogP contribution in [-0.2, 0) is 21.2 Å². The maximum absolute atomic E-state index is 13.7. The molecule has 0 aliphatic rings. The number of fused-ring (bicyclic) bond motifs is 1. The van der Waals surface area contributed by atoms with E-state index in [0.717, 1.165) is 22.4 Å². The molecule has 4 N–H and O–H groups in total. The van der Waals surface area contributed by atoms with Crippen LogP contribution < -0.4 is 15.4 Å². The number of hydrogen-bond acceptors (Lipinski definition) is 5. The Hall–Kier alpha value is -2.29. The van der Waals surface area contributed by atoms with Gasteiger partial charge in [0.05, 0.1) is 6.04 Å². The third-order valence-corrected chi connectivity index (χ3v) is 9.19. The van der Waals surface area contributed by atoms with Gasteiger partial charge in [-0.3, -0.25) is 4.79 Å². The van der Waals surface area contributed by atoms with Crippen molar-refractivity contribution in [1.29, 1.82) is 0 Å². The van der Waals surface area contributed by atoms with Gasteiger partial charge in [0.1, 0.15) is 0 Å². The number of nitrogens with two attached hydrogens (primary N) is 1. The zero-order valence-corrected chi connectivity index (χ0v) is 25.1. The third-order valence-electron chi connectivity index (χ3n) is 6.56. The van der Waals surface area contributed by atoms with Crippen LogP contribution in [-0.4, -0.2) is 72.4 Å². The monoisotopic (exact) mass is 617 g/mol. The Bertz CT molecular complexity index is 1370. The second kappa shape index (κ2) is 14.4. The van der Waals surface area contributed by atoms with Crippen LogP contribution in [0.2, 0.25) is 0 Å². The summed E-state index contributed by atoms with van der Waals surface area (Å²) in [5.41, 5.74) is 7.13. The standard InChI is InChI=1S/C29H37AsFN3O4S/c1-20(2)18-34(39(37,38)25-12-13-27(31)26(30)17-25)24(19-35)9-5-6-14-33-29(36)28(32)16-21-10-11-22-7-3-4-8-23(22)15-21/h3-4,7-8,10-13,15,17,20,24,28,35H,5-6,9,14,16,18-19,32H2,1-2H3,(H,33,36). The molecule has 0 saturated heterocycles. The number of carbonyl (C=O) groups is 1. The summed E-state index contributed by atoms with van der Waals surface area (Å²) in [6.45, 7) is 4.08. The Kier molecular flexibility index (Phi) is 11.5. The van der Waals surface area contributed by atoms with E-state index < -0.39 is 27.9 Å². The van der Waals surface area contributed by atoms with Crippen molar-refractivity contribution in [1.82, 2.24) is 9.62 Å². The number of amides is 1. The summed E-state index contributed by atoms with van der Waals surface area (Å²) in [5.74, 6) is -0.715. The summed E-state index contributed by atoms with van der Waals surface area (Å²) in [5, 5.41) is 15.2. The Balaban J connectivity index is 1.53. The molecule has 7 nitrogen and oxygen atoms in total. The summed E-state index contributed by atoms with van der Waals surface area (Å²) in [6, 6.07) is 16.4. The van der Waals surface area contributed by atoms with Gasteiger partial charge < -0.3 is 5.73 Å². The average Bonchev–Trinajstić information content (AvgIpc) is 2.90. The number of carbonyl (C=O) groups excluding carboxylic acids is 1. The van der Waals surface area contributed by atoms with E-state index in [2.05, 4.69) is 5.32 Å². The first-order valence-corrected chi connectivity index (χ1v) is 15.5. The van der Waals surface area contributed by atoms with Gasteiger partial charge in [0, 0.05) is 0 Å². The molecule has 0 spiro atoms. The van der Waals surface area contributed by atoms with Crippen molar-refractivity contribution in [2.45, 2.75) is 56.5 Å². The molecule has 1 amide bonds. The Morgan fingerprint density at radius 1 is 1.08 bits per heavy atom. The second-order valence-electron chi connectivity index (χ2n) is 10.2. The molecule has 0 aromatic heterocycles. The van der Waals surface area contributed by atoms with Gasteiger partial charge >= 0.3 is 158 Å². The van der Waals surface area contributed by atoms with Crippen molar-refractivity contribution in [3.05, 3.63) is 72.0 Å². The first-order valence-electron chi connectivity index (χ1n) is 13.1. The minimum atomic E-state index is -3.95. The van der Waals surface area contributed by atoms with Crippen molar-refractivity contribution in [3.8, 4) is 0 Å². The van der Waals surface area contributed by atoms with Gasteiger partial charge in [0.15, 0.2) is 0 Å². The molecule has 39 heavy (non-hydrogen) atoms. The second-order valence-corrected chi connectivity index (χ2v) is 13.1. The molecule has 0 bridgehead atoms. The summed E-state index contributed by atoms with van der Waals surface area (Å²) < 4.78 is 42.1. The number of aliphatic hydroxyl groups is 1. The number of nitrogens with one attached hydrogen (secondary N) is 1. The van der Waals surface area contributed by atoms with Crippen LogP contribution in [0.3, 0.4) is 0 Å². The number of benzene rings is 3. The number of rotatable bonds is 14. The predicted octanol–water partition coefficient (Wildman–Crippen LogP) is 2.64. The summed E-state index contributed by atoms with van der Waals surface area (Å²) >= 11 is 2.03. The zero-order valence-electron chi connectivity index (χ0n) is 22.4. The van der Waals surface area contributed by atoms with E-state index >= 15 is 0 Å². The Labute approximate surface area is 239 Å². The molecular formula is C29H37AsFN3O4S. The molecule has 0 fully saturated rings. The fourth-order valence-electron chi connectivity index (χ4n) is 4.48. The van der Waals surface area contributed by atoms with Crippen LogP contribution >= 0.6 is 0 Å². The van der Waals surface area contributed by atoms with Crippen molar-refractivity contribution in [2.24, 2.45) is 11.7 Å². The molecule has 0 saturated carbocycles. The van der Waals surface area contributed by atoms with Gasteiger partial charge in [0.25, 0.3) is 0 Å². The normalized spacial score (nSPS) is 13.6. The van der Waals surface area contributed by atoms with Crippen molar-refractivity contribution < 1.29 is 22.7 Å². The summed E-state index contributed by atoms with van der Waals surface area (Å²) in [6.07, 6.45) is 2.03. The first kappa shape index (κ1) is 31.2. The van der Waals surface area contributed by atoms with Crippen LogP contribution in [0.4, 0.5) is 4.39 Å². The molecule has 0 aliphatic carbocycles. The topological polar surface area (TPSA) is 113 Å². The first-order chi connectivity index (χ1) is 18.5. The fraction of sp³-hybridized carbons (Fsp3) is 0.414. The SMILES string of the molecule is CC(C)CN(C(CO)CCCCNC(=O)C(N)Cc1ccc2ccccc2c1)S(=O)(=O)c1ccc(F)c([As])c1. The zero-order chi connectivity index (χ0) is 28.6. The van der Waals surface area contributed by atoms with Gasteiger partial charge in [0.2, 0.25) is 0 Å². The van der Waals surface area contributed by atoms with Crippen LogP contribution in [0.5, 0.6) is 0 Å². The van der Waals surface area contributed by atoms with Crippen LogP contribution in [0.1, 0.15) is 38.7 Å². The number of nitrogens with zero attached hydrogens (tertiary/aromatic N) is 1. The molecule has 0 heterocycles. The van der Waals surface area contributed by atoms with Crippen molar-refractivity contribution in [2.75, 3.05) is 19.7 Å². The van der Waals surface area contributed by atoms with Crippen LogP contribution in [0.25, 0.3) is 10.8 Å². The van der Waals surface area contributed by atoms with Gasteiger partial charge in [-0.15, -0.1) is 0 Å². The number of halogens is 1. The molecule has 210 valence electrons. The van der Waals surface area contributed by atoms with E-state index in [0.29, 0.717) is 32.2 Å². The Morgan fingerprint density at radius 2 is 1.79 bits per heavy atom. The molecule has 10 heteroatoms. The van der Waals surface area contributed by atoms with Crippen molar-refractivity contribution in [3.63, 3.8) is 0 Å². The Morgan fingerprint density at radius 3 is 2.46 bits per heavy atom. The van der Waals surface area contributed by atoms with Gasteiger partial charge in [-0.2, -0.15) is 0 Å². The van der Waals surface area contributed by atoms with Gasteiger partial charge in [-0.05, 0) is 22.8 Å². The molecule has 3 rings (SSSR count). The summed E-state index contributed by atoms with van der Waals surface area (Å²) in [4.78, 5) is 12.5. The predicted molar refractivity (Wildman–Crippen MR) is 154 cm³/mol. The van der Waals surface area contributed by atoms with Crippen molar-refractivity contribution >= 4 is 47.9 Å². The van der Waals surface area contributed by atoms with E-state index in [9.17, 15) is 22.7 Å². The number of aliphatic hydroxyl groups excluding tert-OH is 1. The molecule has 3 aromatic rings. The molecule has 0 aliphatic heterocycles. The molecule has 2 atom stereocenters. The number of sulfonamides is 1. The van der Waals surface area contributed by atoms with Gasteiger partial charge in [-0.25, -0.2) is 0 Å². The van der Waals surface area contributed by atoms with Crippen LogP contribution in [0.15, 0.2) is 65.6 Å². The van der Waals surface area contributed by atoms with E-state index in [-0.39, 0.29) is 34.2 Å². The number of unbranched alkanes of at least 4 members (excludes halogenated alkanes) is 1. The third kappa shape index (κ3) is 8.59. The summed E-state index contributed by atoms with van der Waals surface area (Å²) in [7, 11) is -3.95. The van der Waals surface area contributed by atoms with E-state index in [1.54, 1.807) is 0 Å². The van der Waals surface area contributed by atoms with E-state index in [4.69, 9.17) is 5.73 Å². The molecule has 3 aromatic carbocycles. The quantitative estimate of drug-likeness (QED) is 0.190. The van der Waals surface area contributed by atoms with E-state index in [1.165, 1.54) is 16.4 Å². The average molecular weight is 618 g/mol. The number of hydrogen-bond donors (Lipinski definition) is 3. The van der Waals surface area contributed by atoms with E-state index in [1.807, 2.05) is 73.2 Å². The minimum absolute atomic E-state index is 0.00807. The molecular weight excluding hydrogens is 580 g/mol. The fourth-order valence-corrected chi connectivity index (χ4v) is 6.95. The van der Waals surface area contributed by atoms with Gasteiger partial charge in [-0.1, -0.05) is 42.5 Å². The van der Waals surface area contributed by atoms with Crippen LogP contribution in [0, 0.1) is 11.7 Å². The maximum atomic E-state index is 13.7. The molecule has 2 radical (unpaired) electrons.